The van der Waals surface area contributed by atoms with Crippen molar-refractivity contribution in [3.05, 3.63) is 63.6 Å². The molecule has 2 heterocycles. The Morgan fingerprint density at radius 2 is 1.90 bits per heavy atom. The van der Waals surface area contributed by atoms with E-state index in [9.17, 15) is 14.7 Å². The van der Waals surface area contributed by atoms with Crippen molar-refractivity contribution in [2.24, 2.45) is 0 Å². The van der Waals surface area contributed by atoms with Crippen molar-refractivity contribution in [2.45, 2.75) is 53.0 Å². The molecule has 0 aliphatic heterocycles. The van der Waals surface area contributed by atoms with Crippen LogP contribution in [0.15, 0.2) is 41.2 Å². The average Bonchev–Trinajstić information content (AvgIpc) is 2.66. The number of aromatic hydroxyl groups is 1. The van der Waals surface area contributed by atoms with Crippen LogP contribution in [0.25, 0.3) is 10.9 Å². The molecule has 1 amide bonds. The van der Waals surface area contributed by atoms with Gasteiger partial charge in [0.25, 0.3) is 11.5 Å². The smallest absolute Gasteiger partial charge is 0.267 e. The van der Waals surface area contributed by atoms with Crippen LogP contribution in [0, 0.1) is 13.8 Å². The van der Waals surface area contributed by atoms with E-state index in [1.54, 1.807) is 28.8 Å². The number of nitrogens with one attached hydrogen (secondary N) is 1. The van der Waals surface area contributed by atoms with Crippen LogP contribution in [0.3, 0.4) is 0 Å². The van der Waals surface area contributed by atoms with Gasteiger partial charge in [-0.3, -0.25) is 9.59 Å². The number of nitrogens with zero attached hydrogens (tertiary/aromatic N) is 2. The minimum atomic E-state index is -0.655. The molecule has 0 saturated heterocycles. The van der Waals surface area contributed by atoms with Crippen molar-refractivity contribution in [2.75, 3.05) is 5.32 Å². The summed E-state index contributed by atoms with van der Waals surface area (Å²) in [7, 11) is 0. The number of pyridine rings is 2. The number of rotatable bonds is 7. The van der Waals surface area contributed by atoms with Gasteiger partial charge in [0.1, 0.15) is 17.1 Å². The second kappa shape index (κ2) is 8.90. The van der Waals surface area contributed by atoms with E-state index in [0.717, 1.165) is 36.9 Å². The zero-order chi connectivity index (χ0) is 21.0. The highest BCUT2D eigenvalue weighted by atomic mass is 16.3. The van der Waals surface area contributed by atoms with Gasteiger partial charge in [-0.1, -0.05) is 38.3 Å². The Hall–Kier alpha value is -3.15. The number of anilines is 1. The third-order valence-corrected chi connectivity index (χ3v) is 4.95. The summed E-state index contributed by atoms with van der Waals surface area (Å²) in [5.41, 5.74) is 1.60. The molecule has 3 aromatic rings. The lowest BCUT2D eigenvalue weighted by Gasteiger charge is -2.15. The zero-order valence-electron chi connectivity index (χ0n) is 17.2. The number of benzene rings is 1. The highest BCUT2D eigenvalue weighted by Crippen LogP contribution is 2.27. The van der Waals surface area contributed by atoms with E-state index < -0.39 is 11.5 Å². The van der Waals surface area contributed by atoms with Crippen LogP contribution in [-0.4, -0.2) is 20.6 Å². The first-order valence-corrected chi connectivity index (χ1v) is 10.0. The van der Waals surface area contributed by atoms with Gasteiger partial charge in [0.05, 0.1) is 5.52 Å². The summed E-state index contributed by atoms with van der Waals surface area (Å²) in [6.45, 7) is 6.37. The first-order valence-electron chi connectivity index (χ1n) is 10.0. The number of aryl methyl sites for hydroxylation is 3. The van der Waals surface area contributed by atoms with Crippen LogP contribution in [0.1, 0.15) is 54.2 Å². The van der Waals surface area contributed by atoms with Crippen LogP contribution >= 0.6 is 0 Å². The van der Waals surface area contributed by atoms with Crippen molar-refractivity contribution in [1.29, 1.82) is 0 Å². The highest BCUT2D eigenvalue weighted by molar-refractivity contribution is 6.08. The van der Waals surface area contributed by atoms with E-state index in [-0.39, 0.29) is 11.3 Å². The number of fused-ring (bicyclic) bond motifs is 1. The molecule has 29 heavy (non-hydrogen) atoms. The normalized spacial score (nSPS) is 11.0. The summed E-state index contributed by atoms with van der Waals surface area (Å²) in [6.07, 6.45) is 4.03. The largest absolute Gasteiger partial charge is 0.506 e. The number of carbonyl (C=O) groups excluding carboxylic acids is 1. The maximum Gasteiger partial charge on any atom is 0.267 e. The van der Waals surface area contributed by atoms with Gasteiger partial charge in [-0.25, -0.2) is 4.98 Å². The van der Waals surface area contributed by atoms with E-state index in [2.05, 4.69) is 17.2 Å². The number of amides is 1. The lowest BCUT2D eigenvalue weighted by atomic mass is 10.1. The third-order valence-electron chi connectivity index (χ3n) is 4.95. The topological polar surface area (TPSA) is 84.2 Å². The summed E-state index contributed by atoms with van der Waals surface area (Å²) in [6, 6.07) is 10.7. The first kappa shape index (κ1) is 20.6. The van der Waals surface area contributed by atoms with E-state index in [1.807, 2.05) is 26.0 Å². The molecular weight excluding hydrogens is 366 g/mol. The molecule has 0 aliphatic rings. The number of hydrogen-bond acceptors (Lipinski definition) is 4. The van der Waals surface area contributed by atoms with Gasteiger partial charge < -0.3 is 15.0 Å². The number of hydrogen-bond donors (Lipinski definition) is 2. The van der Waals surface area contributed by atoms with E-state index >= 15 is 0 Å². The zero-order valence-corrected chi connectivity index (χ0v) is 17.2. The van der Waals surface area contributed by atoms with Crippen LogP contribution in [-0.2, 0) is 6.54 Å². The van der Waals surface area contributed by atoms with E-state index in [0.29, 0.717) is 23.3 Å². The molecule has 0 saturated carbocycles. The molecule has 2 N–H and O–H groups in total. The summed E-state index contributed by atoms with van der Waals surface area (Å²) in [5.74, 6) is -0.593. The Morgan fingerprint density at radius 1 is 1.14 bits per heavy atom. The van der Waals surface area contributed by atoms with Crippen molar-refractivity contribution >= 4 is 22.6 Å². The van der Waals surface area contributed by atoms with Crippen LogP contribution in [0.5, 0.6) is 5.75 Å². The van der Waals surface area contributed by atoms with Gasteiger partial charge in [0.15, 0.2) is 0 Å². The first-order chi connectivity index (χ1) is 13.9. The second-order valence-corrected chi connectivity index (χ2v) is 7.38. The Morgan fingerprint density at radius 3 is 2.62 bits per heavy atom. The van der Waals surface area contributed by atoms with Gasteiger partial charge in [-0.15, -0.1) is 0 Å². The molecule has 0 spiro atoms. The third kappa shape index (κ3) is 4.47. The average molecular weight is 393 g/mol. The summed E-state index contributed by atoms with van der Waals surface area (Å²) in [4.78, 5) is 30.4. The summed E-state index contributed by atoms with van der Waals surface area (Å²) in [5, 5.41) is 13.9. The van der Waals surface area contributed by atoms with Gasteiger partial charge in [-0.2, -0.15) is 0 Å². The summed E-state index contributed by atoms with van der Waals surface area (Å²) >= 11 is 0. The van der Waals surface area contributed by atoms with Gasteiger partial charge >= 0.3 is 0 Å². The van der Waals surface area contributed by atoms with Crippen molar-refractivity contribution in [1.82, 2.24) is 9.55 Å². The Balaban J connectivity index is 2.04. The molecular formula is C23H27N3O3. The Bertz CT molecular complexity index is 1080. The molecule has 0 aliphatic carbocycles. The number of carbonyl (C=O) groups is 1. The quantitative estimate of drug-likeness (QED) is 0.577. The summed E-state index contributed by atoms with van der Waals surface area (Å²) < 4.78 is 1.59. The molecule has 6 heteroatoms. The standard InChI is InChI=1S/C23H27N3O3/c1-4-5-6-9-12-26-18-11-8-7-10-17(18)21(27)20(23(26)29)22(28)25-19-14-15(2)13-16(3)24-19/h7-8,10-11,13-14,27H,4-6,9,12H2,1-3H3,(H,24,25,28). The van der Waals surface area contributed by atoms with Gasteiger partial charge in [0.2, 0.25) is 0 Å². The van der Waals surface area contributed by atoms with Crippen molar-refractivity contribution < 1.29 is 9.90 Å². The molecule has 6 nitrogen and oxygen atoms in total. The molecule has 0 radical (unpaired) electrons. The van der Waals surface area contributed by atoms with Crippen molar-refractivity contribution in [3.8, 4) is 5.75 Å². The lowest BCUT2D eigenvalue weighted by molar-refractivity contribution is 0.102. The molecule has 0 fully saturated rings. The maximum absolute atomic E-state index is 13.2. The molecule has 1 aromatic carbocycles. The SMILES string of the molecule is CCCCCCn1c(=O)c(C(=O)Nc2cc(C)cc(C)n2)c(O)c2ccccc21. The van der Waals surface area contributed by atoms with Crippen LogP contribution in [0.2, 0.25) is 0 Å². The van der Waals surface area contributed by atoms with E-state index in [4.69, 9.17) is 0 Å². The van der Waals surface area contributed by atoms with Crippen molar-refractivity contribution in [3.63, 3.8) is 0 Å². The monoisotopic (exact) mass is 393 g/mol. The Labute approximate surface area is 170 Å². The number of para-hydroxylation sites is 1. The Kier molecular flexibility index (Phi) is 6.32. The number of unbranched alkanes of at least 4 members (excludes halogenated alkanes) is 3. The van der Waals surface area contributed by atoms with Crippen LogP contribution in [0.4, 0.5) is 5.82 Å². The fraction of sp³-hybridized carbons (Fsp3) is 0.348. The molecule has 152 valence electrons. The van der Waals surface area contributed by atoms with E-state index in [1.165, 1.54) is 0 Å². The molecule has 0 unspecified atom stereocenters. The van der Waals surface area contributed by atoms with Gasteiger partial charge in [-0.05, 0) is 50.1 Å². The minimum absolute atomic E-state index is 0.250. The predicted octanol–water partition coefficient (Wildman–Crippen LogP) is 4.55. The second-order valence-electron chi connectivity index (χ2n) is 7.38. The highest BCUT2D eigenvalue weighted by Gasteiger charge is 2.22. The van der Waals surface area contributed by atoms with Gasteiger partial charge in [0, 0.05) is 17.6 Å². The number of aromatic nitrogens is 2. The molecule has 0 bridgehead atoms. The predicted molar refractivity (Wildman–Crippen MR) is 116 cm³/mol. The maximum atomic E-state index is 13.2. The fourth-order valence-corrected chi connectivity index (χ4v) is 3.60. The molecule has 0 atom stereocenters. The molecule has 3 rings (SSSR count). The fourth-order valence-electron chi connectivity index (χ4n) is 3.60. The van der Waals surface area contributed by atoms with Crippen LogP contribution < -0.4 is 10.9 Å². The minimum Gasteiger partial charge on any atom is -0.506 e. The lowest BCUT2D eigenvalue weighted by Crippen LogP contribution is -2.30. The molecule has 2 aromatic heterocycles.